The average molecular weight is 323 g/mol. The molecule has 6 heteroatoms. The van der Waals surface area contributed by atoms with Gasteiger partial charge in [0, 0.05) is 11.4 Å². The molecule has 2 rings (SSSR count). The molecule has 0 unspecified atom stereocenters. The molecule has 1 aromatic heterocycles. The number of anilines is 1. The average Bonchev–Trinajstić information content (AvgIpc) is 2.38. The van der Waals surface area contributed by atoms with Gasteiger partial charge in [-0.25, -0.2) is 0 Å². The summed E-state index contributed by atoms with van der Waals surface area (Å²) in [6.07, 6.45) is 0. The quantitative estimate of drug-likeness (QED) is 0.903. The first kappa shape index (κ1) is 16.0. The van der Waals surface area contributed by atoms with E-state index in [0.29, 0.717) is 11.1 Å². The maximum Gasteiger partial charge on any atom is 0.228 e. The fourth-order valence-electron chi connectivity index (χ4n) is 1.74. The predicted octanol–water partition coefficient (Wildman–Crippen LogP) is 4.41. The molecule has 0 saturated heterocycles. The van der Waals surface area contributed by atoms with Crippen LogP contribution in [0.4, 0.5) is 5.95 Å². The van der Waals surface area contributed by atoms with Gasteiger partial charge >= 0.3 is 0 Å². The van der Waals surface area contributed by atoms with E-state index in [4.69, 9.17) is 11.6 Å². The number of nitrogens with zero attached hydrogens (tertiary/aromatic N) is 3. The Morgan fingerprint density at radius 3 is 2.33 bits per heavy atom. The first-order valence-corrected chi connectivity index (χ1v) is 8.02. The zero-order chi connectivity index (χ0) is 15.5. The minimum Gasteiger partial charge on any atom is -0.354 e. The van der Waals surface area contributed by atoms with Crippen LogP contribution < -0.4 is 5.32 Å². The van der Waals surface area contributed by atoms with Gasteiger partial charge in [0.2, 0.25) is 11.2 Å². The molecule has 0 atom stereocenters. The molecule has 2 aromatic rings. The van der Waals surface area contributed by atoms with Gasteiger partial charge < -0.3 is 5.32 Å². The van der Waals surface area contributed by atoms with Crippen molar-refractivity contribution in [3.63, 3.8) is 0 Å². The van der Waals surface area contributed by atoms with Gasteiger partial charge in [-0.3, -0.25) is 0 Å². The molecule has 0 radical (unpaired) electrons. The van der Waals surface area contributed by atoms with Crippen molar-refractivity contribution in [3.8, 4) is 0 Å². The van der Waals surface area contributed by atoms with E-state index in [2.05, 4.69) is 65.3 Å². The summed E-state index contributed by atoms with van der Waals surface area (Å²) in [6.45, 7) is 9.32. The number of nitrogens with one attached hydrogen (secondary N) is 1. The smallest absolute Gasteiger partial charge is 0.228 e. The van der Waals surface area contributed by atoms with E-state index in [9.17, 15) is 0 Å². The van der Waals surface area contributed by atoms with Crippen LogP contribution in [0, 0.1) is 0 Å². The van der Waals surface area contributed by atoms with E-state index in [0.717, 1.165) is 11.4 Å². The van der Waals surface area contributed by atoms with Gasteiger partial charge in [-0.05, 0) is 53.4 Å². The lowest BCUT2D eigenvalue weighted by atomic mass is 9.87. The largest absolute Gasteiger partial charge is 0.354 e. The molecule has 0 aliphatic heterocycles. The van der Waals surface area contributed by atoms with Crippen LogP contribution in [0.2, 0.25) is 5.28 Å². The fraction of sp³-hybridized carbons (Fsp3) is 0.400. The second-order valence-electron chi connectivity index (χ2n) is 5.62. The Bertz CT molecular complexity index is 608. The van der Waals surface area contributed by atoms with Gasteiger partial charge in [0.15, 0.2) is 5.16 Å². The number of rotatable bonds is 4. The van der Waals surface area contributed by atoms with Crippen molar-refractivity contribution in [2.45, 2.75) is 43.2 Å². The lowest BCUT2D eigenvalue weighted by molar-refractivity contribution is 0.590. The molecule has 0 fully saturated rings. The summed E-state index contributed by atoms with van der Waals surface area (Å²) in [5.41, 5.74) is 1.45. The molecule has 4 nitrogen and oxygen atoms in total. The topological polar surface area (TPSA) is 50.7 Å². The number of benzene rings is 1. The number of aromatic nitrogens is 3. The Morgan fingerprint density at radius 2 is 1.76 bits per heavy atom. The van der Waals surface area contributed by atoms with Crippen molar-refractivity contribution in [1.29, 1.82) is 0 Å². The normalized spacial score (nSPS) is 11.5. The number of halogens is 1. The maximum absolute atomic E-state index is 5.92. The maximum atomic E-state index is 5.92. The van der Waals surface area contributed by atoms with Gasteiger partial charge in [0.1, 0.15) is 0 Å². The van der Waals surface area contributed by atoms with Gasteiger partial charge in [0.25, 0.3) is 0 Å². The van der Waals surface area contributed by atoms with Gasteiger partial charge in [0.05, 0.1) is 0 Å². The molecule has 21 heavy (non-hydrogen) atoms. The Kier molecular flexibility index (Phi) is 5.06. The second-order valence-corrected chi connectivity index (χ2v) is 7.00. The Balaban J connectivity index is 2.18. The van der Waals surface area contributed by atoms with Gasteiger partial charge in [-0.1, -0.05) is 32.9 Å². The van der Waals surface area contributed by atoms with Crippen LogP contribution in [-0.2, 0) is 5.41 Å². The van der Waals surface area contributed by atoms with E-state index >= 15 is 0 Å². The first-order valence-electron chi connectivity index (χ1n) is 6.82. The molecular formula is C15H19ClN4S. The van der Waals surface area contributed by atoms with Crippen molar-refractivity contribution in [3.05, 3.63) is 35.1 Å². The highest BCUT2D eigenvalue weighted by Crippen LogP contribution is 2.29. The Labute approximate surface area is 134 Å². The van der Waals surface area contributed by atoms with E-state index in [1.54, 1.807) is 0 Å². The molecule has 0 aliphatic rings. The zero-order valence-corrected chi connectivity index (χ0v) is 14.2. The van der Waals surface area contributed by atoms with Crippen molar-refractivity contribution in [2.75, 3.05) is 11.9 Å². The molecule has 1 N–H and O–H groups in total. The van der Waals surface area contributed by atoms with E-state index in [1.807, 2.05) is 6.92 Å². The van der Waals surface area contributed by atoms with E-state index in [-0.39, 0.29) is 10.7 Å². The summed E-state index contributed by atoms with van der Waals surface area (Å²) in [4.78, 5) is 13.6. The fourth-order valence-corrected chi connectivity index (χ4v) is 2.70. The highest BCUT2D eigenvalue weighted by molar-refractivity contribution is 7.99. The highest BCUT2D eigenvalue weighted by Gasteiger charge is 2.13. The highest BCUT2D eigenvalue weighted by atomic mass is 35.5. The Hall–Kier alpha value is -1.33. The number of hydrogen-bond acceptors (Lipinski definition) is 5. The standard InChI is InChI=1S/C15H19ClN4S/c1-5-17-13-18-12(16)19-14(20-13)21-11-8-6-10(7-9-11)15(2,3)4/h6-9H,5H2,1-4H3,(H,17,18,19,20). The Morgan fingerprint density at radius 1 is 1.10 bits per heavy atom. The second kappa shape index (κ2) is 6.62. The summed E-state index contributed by atoms with van der Waals surface area (Å²) in [5.74, 6) is 0.506. The van der Waals surface area contributed by atoms with Crippen molar-refractivity contribution in [1.82, 2.24) is 15.0 Å². The minimum absolute atomic E-state index is 0.151. The minimum atomic E-state index is 0.151. The van der Waals surface area contributed by atoms with Crippen LogP contribution in [-0.4, -0.2) is 21.5 Å². The van der Waals surface area contributed by atoms with Gasteiger partial charge in [-0.15, -0.1) is 0 Å². The van der Waals surface area contributed by atoms with Crippen LogP contribution >= 0.6 is 23.4 Å². The van der Waals surface area contributed by atoms with Crippen molar-refractivity contribution < 1.29 is 0 Å². The summed E-state index contributed by atoms with van der Waals surface area (Å²) >= 11 is 7.40. The molecule has 1 aromatic carbocycles. The zero-order valence-electron chi connectivity index (χ0n) is 12.6. The third-order valence-corrected chi connectivity index (χ3v) is 3.89. The summed E-state index contributed by atoms with van der Waals surface area (Å²) in [5, 5.41) is 3.84. The lowest BCUT2D eigenvalue weighted by Gasteiger charge is -2.18. The number of hydrogen-bond donors (Lipinski definition) is 1. The van der Waals surface area contributed by atoms with Crippen LogP contribution in [0.25, 0.3) is 0 Å². The molecule has 0 amide bonds. The lowest BCUT2D eigenvalue weighted by Crippen LogP contribution is -2.10. The molecule has 112 valence electrons. The first-order chi connectivity index (χ1) is 9.88. The van der Waals surface area contributed by atoms with Crippen LogP contribution in [0.1, 0.15) is 33.3 Å². The summed E-state index contributed by atoms with van der Waals surface area (Å²) in [6, 6.07) is 8.43. The van der Waals surface area contributed by atoms with E-state index < -0.39 is 0 Å². The molecule has 0 aliphatic carbocycles. The van der Waals surface area contributed by atoms with Gasteiger partial charge in [-0.2, -0.15) is 15.0 Å². The predicted molar refractivity (Wildman–Crippen MR) is 88.3 cm³/mol. The van der Waals surface area contributed by atoms with Crippen molar-refractivity contribution in [2.24, 2.45) is 0 Å². The summed E-state index contributed by atoms with van der Waals surface area (Å²) in [7, 11) is 0. The molecule has 0 spiro atoms. The SMILES string of the molecule is CCNc1nc(Cl)nc(Sc2ccc(C(C)(C)C)cc2)n1. The molecule has 0 saturated carbocycles. The van der Waals surface area contributed by atoms with Crippen LogP contribution in [0.3, 0.4) is 0 Å². The molecular weight excluding hydrogens is 304 g/mol. The van der Waals surface area contributed by atoms with Crippen LogP contribution in [0.15, 0.2) is 34.3 Å². The van der Waals surface area contributed by atoms with E-state index in [1.165, 1.54) is 17.3 Å². The monoisotopic (exact) mass is 322 g/mol. The van der Waals surface area contributed by atoms with Crippen molar-refractivity contribution >= 4 is 29.3 Å². The summed E-state index contributed by atoms with van der Waals surface area (Å²) < 4.78 is 0. The molecule has 0 bridgehead atoms. The third kappa shape index (κ3) is 4.58. The third-order valence-electron chi connectivity index (χ3n) is 2.85. The molecule has 1 heterocycles. The van der Waals surface area contributed by atoms with Crippen LogP contribution in [0.5, 0.6) is 0 Å².